The second-order valence-electron chi connectivity index (χ2n) is 5.73. The van der Waals surface area contributed by atoms with E-state index in [1.807, 2.05) is 19.9 Å². The molecule has 0 saturated heterocycles. The van der Waals surface area contributed by atoms with E-state index in [1.165, 1.54) is 17.1 Å². The molecular weight excluding hydrogens is 338 g/mol. The van der Waals surface area contributed by atoms with E-state index in [-0.39, 0.29) is 19.0 Å². The van der Waals surface area contributed by atoms with Gasteiger partial charge in [-0.3, -0.25) is 9.59 Å². The number of aryl methyl sites for hydroxylation is 2. The van der Waals surface area contributed by atoms with E-state index in [0.29, 0.717) is 17.1 Å². The minimum atomic E-state index is -1.01. The molecule has 10 heteroatoms. The van der Waals surface area contributed by atoms with Gasteiger partial charge in [0.25, 0.3) is 5.91 Å². The van der Waals surface area contributed by atoms with Gasteiger partial charge in [-0.05, 0) is 32.0 Å². The number of amides is 1. The van der Waals surface area contributed by atoms with Crippen LogP contribution in [-0.4, -0.2) is 46.7 Å². The van der Waals surface area contributed by atoms with Gasteiger partial charge in [-0.15, -0.1) is 5.10 Å². The predicted molar refractivity (Wildman–Crippen MR) is 89.7 cm³/mol. The zero-order valence-corrected chi connectivity index (χ0v) is 14.2. The Morgan fingerprint density at radius 2 is 2.08 bits per heavy atom. The highest BCUT2D eigenvalue weighted by Gasteiger charge is 2.10. The van der Waals surface area contributed by atoms with Gasteiger partial charge in [0.2, 0.25) is 0 Å². The summed E-state index contributed by atoms with van der Waals surface area (Å²) in [5, 5.41) is 23.2. The summed E-state index contributed by atoms with van der Waals surface area (Å²) >= 11 is 0. The maximum atomic E-state index is 12.2. The number of carbonyl (C=O) groups excluding carboxylic acids is 1. The largest absolute Gasteiger partial charge is 0.480 e. The number of carbonyl (C=O) groups is 2. The second kappa shape index (κ2) is 7.13. The zero-order valence-electron chi connectivity index (χ0n) is 14.2. The number of aromatic nitrogens is 6. The van der Waals surface area contributed by atoms with Crippen molar-refractivity contribution in [1.29, 1.82) is 0 Å². The Morgan fingerprint density at radius 3 is 2.69 bits per heavy atom. The van der Waals surface area contributed by atoms with Crippen LogP contribution in [0.5, 0.6) is 0 Å². The predicted octanol–water partition coefficient (Wildman–Crippen LogP) is 0.490. The number of aliphatic carboxylic acids is 1. The average Bonchev–Trinajstić information content (AvgIpc) is 3.18. The fraction of sp³-hybridized carbons (Fsp3) is 0.250. The van der Waals surface area contributed by atoms with Gasteiger partial charge in [0.1, 0.15) is 12.2 Å². The number of pyridine rings is 1. The van der Waals surface area contributed by atoms with Crippen LogP contribution in [0.4, 0.5) is 0 Å². The molecule has 3 aromatic heterocycles. The first-order valence-corrected chi connectivity index (χ1v) is 7.81. The third-order valence-corrected chi connectivity index (χ3v) is 3.55. The molecule has 0 aliphatic carbocycles. The fourth-order valence-electron chi connectivity index (χ4n) is 2.41. The van der Waals surface area contributed by atoms with Crippen molar-refractivity contribution in [1.82, 2.24) is 35.1 Å². The summed E-state index contributed by atoms with van der Waals surface area (Å²) in [7, 11) is 0. The van der Waals surface area contributed by atoms with Crippen LogP contribution in [-0.2, 0) is 17.9 Å². The Labute approximate surface area is 148 Å². The summed E-state index contributed by atoms with van der Waals surface area (Å²) in [6.45, 7) is 3.69. The van der Waals surface area contributed by atoms with Gasteiger partial charge in [-0.25, -0.2) is 14.3 Å². The van der Waals surface area contributed by atoms with Crippen molar-refractivity contribution < 1.29 is 14.7 Å². The molecule has 0 aliphatic heterocycles. The molecule has 0 bridgehead atoms. The van der Waals surface area contributed by atoms with Crippen molar-refractivity contribution in [2.45, 2.75) is 26.9 Å². The smallest absolute Gasteiger partial charge is 0.325 e. The van der Waals surface area contributed by atoms with Crippen LogP contribution in [0.1, 0.15) is 27.4 Å². The Morgan fingerprint density at radius 1 is 1.27 bits per heavy atom. The summed E-state index contributed by atoms with van der Waals surface area (Å²) in [5.74, 6) is -0.701. The Hall–Kier alpha value is -3.56. The molecule has 3 rings (SSSR count). The van der Waals surface area contributed by atoms with Crippen molar-refractivity contribution in [2.75, 3.05) is 0 Å². The topological polar surface area (TPSA) is 128 Å². The Kier molecular flexibility index (Phi) is 4.74. The lowest BCUT2D eigenvalue weighted by molar-refractivity contribution is -0.137. The van der Waals surface area contributed by atoms with Crippen molar-refractivity contribution in [3.05, 3.63) is 53.2 Å². The first kappa shape index (κ1) is 17.3. The first-order chi connectivity index (χ1) is 12.4. The van der Waals surface area contributed by atoms with Gasteiger partial charge in [0.15, 0.2) is 5.82 Å². The summed E-state index contributed by atoms with van der Waals surface area (Å²) in [4.78, 5) is 27.1. The summed E-state index contributed by atoms with van der Waals surface area (Å²) < 4.78 is 2.90. The summed E-state index contributed by atoms with van der Waals surface area (Å²) in [5.41, 5.74) is 2.71. The molecule has 1 amide bonds. The Balaban J connectivity index is 1.62. The van der Waals surface area contributed by atoms with Crippen LogP contribution in [0.25, 0.3) is 5.82 Å². The van der Waals surface area contributed by atoms with Gasteiger partial charge in [0.05, 0.1) is 24.0 Å². The van der Waals surface area contributed by atoms with E-state index in [4.69, 9.17) is 5.11 Å². The van der Waals surface area contributed by atoms with E-state index >= 15 is 0 Å². The molecule has 0 aliphatic rings. The van der Waals surface area contributed by atoms with E-state index in [1.54, 1.807) is 16.8 Å². The second-order valence-corrected chi connectivity index (χ2v) is 5.73. The maximum absolute atomic E-state index is 12.2. The lowest BCUT2D eigenvalue weighted by Gasteiger charge is -2.06. The van der Waals surface area contributed by atoms with Crippen molar-refractivity contribution in [3.63, 3.8) is 0 Å². The normalized spacial score (nSPS) is 10.7. The molecule has 0 saturated carbocycles. The lowest BCUT2D eigenvalue weighted by Crippen LogP contribution is -2.23. The van der Waals surface area contributed by atoms with Crippen molar-refractivity contribution in [2.24, 2.45) is 0 Å². The number of hydrogen-bond donors (Lipinski definition) is 2. The highest BCUT2D eigenvalue weighted by Crippen LogP contribution is 2.10. The molecule has 3 aromatic rings. The molecule has 3 heterocycles. The summed E-state index contributed by atoms with van der Waals surface area (Å²) in [6, 6.07) is 5.33. The third-order valence-electron chi connectivity index (χ3n) is 3.55. The molecule has 26 heavy (non-hydrogen) atoms. The number of hydrogen-bond acceptors (Lipinski definition) is 6. The van der Waals surface area contributed by atoms with Gasteiger partial charge < -0.3 is 10.4 Å². The minimum Gasteiger partial charge on any atom is -0.480 e. The molecule has 0 aromatic carbocycles. The van der Waals surface area contributed by atoms with Gasteiger partial charge >= 0.3 is 5.97 Å². The molecule has 0 radical (unpaired) electrons. The molecule has 0 fully saturated rings. The van der Waals surface area contributed by atoms with Crippen LogP contribution in [0.15, 0.2) is 30.6 Å². The third kappa shape index (κ3) is 3.91. The quantitative estimate of drug-likeness (QED) is 0.658. The van der Waals surface area contributed by atoms with Crippen LogP contribution in [0.2, 0.25) is 0 Å². The highest BCUT2D eigenvalue weighted by atomic mass is 16.4. The Bertz CT molecular complexity index is 943. The molecule has 0 spiro atoms. The monoisotopic (exact) mass is 355 g/mol. The van der Waals surface area contributed by atoms with Crippen molar-refractivity contribution >= 4 is 11.9 Å². The van der Waals surface area contributed by atoms with Gasteiger partial charge in [0, 0.05) is 11.9 Å². The van der Waals surface area contributed by atoms with Crippen LogP contribution in [0.3, 0.4) is 0 Å². The molecular formula is C16H17N7O3. The first-order valence-electron chi connectivity index (χ1n) is 7.81. The molecule has 134 valence electrons. The number of nitrogens with one attached hydrogen (secondary N) is 1. The lowest BCUT2D eigenvalue weighted by atomic mass is 10.2. The molecule has 2 N–H and O–H groups in total. The van der Waals surface area contributed by atoms with E-state index in [0.717, 1.165) is 11.4 Å². The number of carboxylic acids is 1. The molecule has 0 unspecified atom stereocenters. The standard InChI is InChI=1S/C16H17N7O3/c1-10-5-11(2)23(20-10)14-4-3-12(6-17-14)16(26)18-7-13-8-22(21-19-13)9-15(24)25/h3-6,8H,7,9H2,1-2H3,(H,18,26)(H,24,25). The average molecular weight is 355 g/mol. The molecule has 10 nitrogen and oxygen atoms in total. The fourth-order valence-corrected chi connectivity index (χ4v) is 2.41. The van der Waals surface area contributed by atoms with E-state index in [2.05, 4.69) is 25.7 Å². The van der Waals surface area contributed by atoms with Crippen molar-refractivity contribution in [3.8, 4) is 5.82 Å². The van der Waals surface area contributed by atoms with Crippen LogP contribution < -0.4 is 5.32 Å². The van der Waals surface area contributed by atoms with Gasteiger partial charge in [-0.2, -0.15) is 5.10 Å². The number of carboxylic acid groups (broad SMARTS) is 1. The highest BCUT2D eigenvalue weighted by molar-refractivity contribution is 5.93. The van der Waals surface area contributed by atoms with Crippen LogP contribution >= 0.6 is 0 Å². The SMILES string of the molecule is Cc1cc(C)n(-c2ccc(C(=O)NCc3cn(CC(=O)O)nn3)cn2)n1. The maximum Gasteiger partial charge on any atom is 0.325 e. The van der Waals surface area contributed by atoms with Crippen LogP contribution in [0, 0.1) is 13.8 Å². The zero-order chi connectivity index (χ0) is 18.7. The van der Waals surface area contributed by atoms with E-state index in [9.17, 15) is 9.59 Å². The summed E-state index contributed by atoms with van der Waals surface area (Å²) in [6.07, 6.45) is 2.95. The van der Waals surface area contributed by atoms with Gasteiger partial charge in [-0.1, -0.05) is 5.21 Å². The number of rotatable bonds is 6. The van der Waals surface area contributed by atoms with E-state index < -0.39 is 5.97 Å². The minimum absolute atomic E-state index is 0.137. The number of nitrogens with zero attached hydrogens (tertiary/aromatic N) is 6. The molecule has 0 atom stereocenters.